The Bertz CT molecular complexity index is 1030. The molecule has 6 heteroatoms. The van der Waals surface area contributed by atoms with Crippen LogP contribution in [0.3, 0.4) is 0 Å². The van der Waals surface area contributed by atoms with E-state index in [-0.39, 0.29) is 5.91 Å². The molecule has 0 spiro atoms. The Kier molecular flexibility index (Phi) is 6.02. The third-order valence-electron chi connectivity index (χ3n) is 5.73. The van der Waals surface area contributed by atoms with Gasteiger partial charge in [-0.25, -0.2) is 9.97 Å². The van der Waals surface area contributed by atoms with Gasteiger partial charge in [0.15, 0.2) is 5.65 Å². The maximum absolute atomic E-state index is 12.8. The molecule has 1 aromatic carbocycles. The van der Waals surface area contributed by atoms with Crippen molar-refractivity contribution < 1.29 is 9.53 Å². The van der Waals surface area contributed by atoms with Crippen molar-refractivity contribution in [3.8, 4) is 5.75 Å². The summed E-state index contributed by atoms with van der Waals surface area (Å²) < 4.78 is 7.53. The summed E-state index contributed by atoms with van der Waals surface area (Å²) in [7, 11) is 1.65. The van der Waals surface area contributed by atoms with Crippen molar-refractivity contribution in [2.75, 3.05) is 20.2 Å². The molecule has 2 aromatic heterocycles. The van der Waals surface area contributed by atoms with Crippen molar-refractivity contribution in [3.05, 3.63) is 54.0 Å². The van der Waals surface area contributed by atoms with E-state index in [2.05, 4.69) is 23.4 Å². The minimum atomic E-state index is 0.183. The molecule has 1 amide bonds. The lowest BCUT2D eigenvalue weighted by atomic mass is 10.0. The molecule has 3 aromatic rings. The second-order valence-corrected chi connectivity index (χ2v) is 8.61. The topological polar surface area (TPSA) is 60.2 Å². The largest absolute Gasteiger partial charge is 0.497 e. The van der Waals surface area contributed by atoms with E-state index in [4.69, 9.17) is 9.72 Å². The Morgan fingerprint density at radius 3 is 2.93 bits per heavy atom. The Labute approximate surface area is 177 Å². The zero-order valence-corrected chi connectivity index (χ0v) is 18.0. The van der Waals surface area contributed by atoms with Crippen LogP contribution in [0.5, 0.6) is 5.75 Å². The zero-order valence-electron chi connectivity index (χ0n) is 18.0. The number of hydrogen-bond donors (Lipinski definition) is 0. The first-order valence-electron chi connectivity index (χ1n) is 10.7. The van der Waals surface area contributed by atoms with Gasteiger partial charge in [0.2, 0.25) is 5.91 Å². The van der Waals surface area contributed by atoms with E-state index in [9.17, 15) is 4.79 Å². The molecule has 30 heavy (non-hydrogen) atoms. The van der Waals surface area contributed by atoms with E-state index >= 15 is 0 Å². The molecule has 0 radical (unpaired) electrons. The van der Waals surface area contributed by atoms with Gasteiger partial charge in [0.25, 0.3) is 0 Å². The molecule has 1 aliphatic rings. The number of ether oxygens (including phenoxy) is 1. The maximum atomic E-state index is 12.8. The average molecular weight is 407 g/mol. The summed E-state index contributed by atoms with van der Waals surface area (Å²) >= 11 is 0. The quantitative estimate of drug-likeness (QED) is 0.600. The molecule has 4 rings (SSSR count). The molecular formula is C24H30N4O2. The summed E-state index contributed by atoms with van der Waals surface area (Å²) in [4.78, 5) is 24.2. The molecule has 0 aliphatic carbocycles. The van der Waals surface area contributed by atoms with Gasteiger partial charge in [-0.05, 0) is 48.1 Å². The molecule has 0 bridgehead atoms. The van der Waals surface area contributed by atoms with E-state index in [0.29, 0.717) is 18.3 Å². The van der Waals surface area contributed by atoms with E-state index < -0.39 is 0 Å². The van der Waals surface area contributed by atoms with Crippen LogP contribution in [0.1, 0.15) is 31.7 Å². The van der Waals surface area contributed by atoms with Crippen molar-refractivity contribution in [2.45, 2.75) is 39.7 Å². The molecule has 1 fully saturated rings. The fourth-order valence-corrected chi connectivity index (χ4v) is 4.27. The SMILES string of the molecule is COc1cccc(CC(=O)N2CCC(Cc3nc4cccnc4n3CC(C)C)C2)c1. The molecule has 0 saturated carbocycles. The number of rotatable bonds is 7. The number of imidazole rings is 1. The summed E-state index contributed by atoms with van der Waals surface area (Å²) in [5.41, 5.74) is 2.91. The van der Waals surface area contributed by atoms with Crippen LogP contribution in [0, 0.1) is 11.8 Å². The van der Waals surface area contributed by atoms with E-state index in [1.807, 2.05) is 47.5 Å². The lowest BCUT2D eigenvalue weighted by molar-refractivity contribution is -0.129. The van der Waals surface area contributed by atoms with Crippen molar-refractivity contribution in [3.63, 3.8) is 0 Å². The summed E-state index contributed by atoms with van der Waals surface area (Å²) in [6.07, 6.45) is 4.15. The van der Waals surface area contributed by atoms with Crippen LogP contribution in [-0.4, -0.2) is 45.5 Å². The fourth-order valence-electron chi connectivity index (χ4n) is 4.27. The van der Waals surface area contributed by atoms with Gasteiger partial charge in [-0.15, -0.1) is 0 Å². The molecule has 1 saturated heterocycles. The molecule has 1 unspecified atom stereocenters. The predicted molar refractivity (Wildman–Crippen MR) is 117 cm³/mol. The van der Waals surface area contributed by atoms with Gasteiger partial charge in [0, 0.05) is 32.3 Å². The van der Waals surface area contributed by atoms with Crippen LogP contribution in [0.25, 0.3) is 11.2 Å². The highest BCUT2D eigenvalue weighted by Gasteiger charge is 2.28. The number of methoxy groups -OCH3 is 1. The number of amides is 1. The Morgan fingerprint density at radius 2 is 2.13 bits per heavy atom. The predicted octanol–water partition coefficient (Wildman–Crippen LogP) is 3.73. The average Bonchev–Trinajstić information content (AvgIpc) is 3.33. The second-order valence-electron chi connectivity index (χ2n) is 8.61. The molecule has 0 N–H and O–H groups in total. The van der Waals surface area contributed by atoms with Gasteiger partial charge in [-0.3, -0.25) is 4.79 Å². The van der Waals surface area contributed by atoms with Crippen LogP contribution < -0.4 is 4.74 Å². The van der Waals surface area contributed by atoms with E-state index in [1.165, 1.54) is 0 Å². The molecule has 6 nitrogen and oxygen atoms in total. The molecule has 158 valence electrons. The van der Waals surface area contributed by atoms with Crippen LogP contribution in [-0.2, 0) is 24.2 Å². The summed E-state index contributed by atoms with van der Waals surface area (Å²) in [5.74, 6) is 3.01. The highest BCUT2D eigenvalue weighted by Crippen LogP contribution is 2.24. The molecule has 1 aliphatic heterocycles. The van der Waals surface area contributed by atoms with E-state index in [1.54, 1.807) is 7.11 Å². The van der Waals surface area contributed by atoms with E-state index in [0.717, 1.165) is 60.8 Å². The Hall–Kier alpha value is -2.89. The van der Waals surface area contributed by atoms with Crippen LogP contribution in [0.15, 0.2) is 42.6 Å². The molecular weight excluding hydrogens is 376 g/mol. The van der Waals surface area contributed by atoms with Gasteiger partial charge in [0.1, 0.15) is 17.1 Å². The van der Waals surface area contributed by atoms with Gasteiger partial charge in [-0.2, -0.15) is 0 Å². The number of likely N-dealkylation sites (tertiary alicyclic amines) is 1. The van der Waals surface area contributed by atoms with Gasteiger partial charge >= 0.3 is 0 Å². The number of carbonyl (C=O) groups excluding carboxylic acids is 1. The number of aromatic nitrogens is 3. The van der Waals surface area contributed by atoms with Gasteiger partial charge < -0.3 is 14.2 Å². The van der Waals surface area contributed by atoms with Gasteiger partial charge in [0.05, 0.1) is 13.5 Å². The third-order valence-corrected chi connectivity index (χ3v) is 5.73. The maximum Gasteiger partial charge on any atom is 0.227 e. The standard InChI is InChI=1S/C24H30N4O2/c1-17(2)15-28-22(26-21-8-5-10-25-24(21)28)13-19-9-11-27(16-19)23(29)14-18-6-4-7-20(12-18)30-3/h4-8,10,12,17,19H,9,11,13-16H2,1-3H3. The summed E-state index contributed by atoms with van der Waals surface area (Å²) in [5, 5.41) is 0. The lowest BCUT2D eigenvalue weighted by Gasteiger charge is -2.17. The second kappa shape index (κ2) is 8.86. The fraction of sp³-hybridized carbons (Fsp3) is 0.458. The zero-order chi connectivity index (χ0) is 21.1. The highest BCUT2D eigenvalue weighted by atomic mass is 16.5. The monoisotopic (exact) mass is 406 g/mol. The van der Waals surface area contributed by atoms with Crippen molar-refractivity contribution >= 4 is 17.1 Å². The Balaban J connectivity index is 1.43. The number of carbonyl (C=O) groups is 1. The summed E-state index contributed by atoms with van der Waals surface area (Å²) in [6.45, 7) is 6.95. The smallest absolute Gasteiger partial charge is 0.227 e. The van der Waals surface area contributed by atoms with Crippen molar-refractivity contribution in [1.29, 1.82) is 0 Å². The summed E-state index contributed by atoms with van der Waals surface area (Å²) in [6, 6.07) is 11.7. The highest BCUT2D eigenvalue weighted by molar-refractivity contribution is 5.79. The first-order chi connectivity index (χ1) is 14.5. The van der Waals surface area contributed by atoms with Crippen LogP contribution >= 0.6 is 0 Å². The minimum Gasteiger partial charge on any atom is -0.497 e. The number of nitrogens with zero attached hydrogens (tertiary/aromatic N) is 4. The number of pyridine rings is 1. The van der Waals surface area contributed by atoms with Crippen molar-refractivity contribution in [1.82, 2.24) is 19.4 Å². The number of benzene rings is 1. The van der Waals surface area contributed by atoms with Gasteiger partial charge in [-0.1, -0.05) is 26.0 Å². The van der Waals surface area contributed by atoms with Crippen LogP contribution in [0.2, 0.25) is 0 Å². The number of hydrogen-bond acceptors (Lipinski definition) is 4. The molecule has 1 atom stereocenters. The third kappa shape index (κ3) is 4.48. The first kappa shape index (κ1) is 20.4. The van der Waals surface area contributed by atoms with Crippen LogP contribution in [0.4, 0.5) is 0 Å². The molecule has 3 heterocycles. The van der Waals surface area contributed by atoms with Crippen molar-refractivity contribution in [2.24, 2.45) is 11.8 Å². The lowest BCUT2D eigenvalue weighted by Crippen LogP contribution is -2.30. The Morgan fingerprint density at radius 1 is 1.27 bits per heavy atom. The number of fused-ring (bicyclic) bond motifs is 1. The first-order valence-corrected chi connectivity index (χ1v) is 10.7. The minimum absolute atomic E-state index is 0.183. The normalized spacial score (nSPS) is 16.5.